The average molecular weight is 334 g/mol. The van der Waals surface area contributed by atoms with Gasteiger partial charge in [-0.1, -0.05) is 18.0 Å². The van der Waals surface area contributed by atoms with Gasteiger partial charge in [-0.3, -0.25) is 0 Å². The lowest BCUT2D eigenvalue weighted by Crippen LogP contribution is -2.38. The summed E-state index contributed by atoms with van der Waals surface area (Å²) in [5.74, 6) is 1.04. The van der Waals surface area contributed by atoms with Crippen molar-refractivity contribution < 1.29 is 17.9 Å². The zero-order valence-corrected chi connectivity index (χ0v) is 13.7. The minimum Gasteiger partial charge on any atom is -0.495 e. The number of ether oxygens (including phenoxy) is 2. The van der Waals surface area contributed by atoms with Gasteiger partial charge in [0.2, 0.25) is 0 Å². The van der Waals surface area contributed by atoms with Crippen molar-refractivity contribution in [3.05, 3.63) is 22.7 Å². The lowest BCUT2D eigenvalue weighted by molar-refractivity contribution is 0.386. The predicted octanol–water partition coefficient (Wildman–Crippen LogP) is 2.32. The van der Waals surface area contributed by atoms with Gasteiger partial charge in [-0.05, 0) is 25.0 Å². The van der Waals surface area contributed by atoms with Crippen molar-refractivity contribution in [2.75, 3.05) is 20.0 Å². The fourth-order valence-corrected chi connectivity index (χ4v) is 5.12. The van der Waals surface area contributed by atoms with Gasteiger partial charge < -0.3 is 15.2 Å². The molecule has 0 saturated carbocycles. The van der Waals surface area contributed by atoms with Crippen LogP contribution in [0.25, 0.3) is 0 Å². The Morgan fingerprint density at radius 3 is 2.57 bits per heavy atom. The second-order valence-corrected chi connectivity index (χ2v) is 7.85. The summed E-state index contributed by atoms with van der Waals surface area (Å²) in [6.45, 7) is 0. The standard InChI is InChI=1S/C14H20ClNO4S/c1-19-10-7-6-9(14(20-2)12(10)15)13(16)11-5-3-4-8-21(11,17)18/h6-7,11,13H,3-5,8,16H2,1-2H3. The Morgan fingerprint density at radius 1 is 1.29 bits per heavy atom. The lowest BCUT2D eigenvalue weighted by atomic mass is 9.99. The third-order valence-corrected chi connectivity index (χ3v) is 6.57. The first-order valence-corrected chi connectivity index (χ1v) is 8.89. The SMILES string of the molecule is COc1ccc(C(N)C2CCCCS2(=O)=O)c(OC)c1Cl. The van der Waals surface area contributed by atoms with E-state index in [9.17, 15) is 8.42 Å². The van der Waals surface area contributed by atoms with Crippen LogP contribution < -0.4 is 15.2 Å². The second kappa shape index (κ2) is 6.42. The number of rotatable bonds is 4. The molecule has 118 valence electrons. The van der Waals surface area contributed by atoms with Crippen molar-refractivity contribution >= 4 is 21.4 Å². The molecule has 1 fully saturated rings. The van der Waals surface area contributed by atoms with Gasteiger partial charge in [-0.15, -0.1) is 0 Å². The zero-order chi connectivity index (χ0) is 15.6. The smallest absolute Gasteiger partial charge is 0.155 e. The molecule has 0 bridgehead atoms. The largest absolute Gasteiger partial charge is 0.495 e. The first kappa shape index (κ1) is 16.4. The Morgan fingerprint density at radius 2 is 2.00 bits per heavy atom. The normalized spacial score (nSPS) is 22.6. The highest BCUT2D eigenvalue weighted by Gasteiger charge is 2.36. The molecular weight excluding hydrogens is 314 g/mol. The van der Waals surface area contributed by atoms with Gasteiger partial charge in [0, 0.05) is 5.56 Å². The van der Waals surface area contributed by atoms with E-state index in [1.807, 2.05) is 0 Å². The van der Waals surface area contributed by atoms with Gasteiger partial charge in [0.05, 0.1) is 31.3 Å². The van der Waals surface area contributed by atoms with Crippen LogP contribution in [0.15, 0.2) is 12.1 Å². The van der Waals surface area contributed by atoms with Gasteiger partial charge in [0.1, 0.15) is 16.5 Å². The molecule has 1 aromatic carbocycles. The van der Waals surface area contributed by atoms with Gasteiger partial charge in [-0.25, -0.2) is 8.42 Å². The Balaban J connectivity index is 2.43. The van der Waals surface area contributed by atoms with E-state index < -0.39 is 21.1 Å². The molecule has 0 spiro atoms. The van der Waals surface area contributed by atoms with Crippen LogP contribution >= 0.6 is 11.6 Å². The average Bonchev–Trinajstić information content (AvgIpc) is 2.45. The van der Waals surface area contributed by atoms with Crippen LogP contribution in [0.1, 0.15) is 30.9 Å². The maximum Gasteiger partial charge on any atom is 0.155 e. The van der Waals surface area contributed by atoms with Crippen LogP contribution in [-0.2, 0) is 9.84 Å². The van der Waals surface area contributed by atoms with Crippen molar-refractivity contribution in [3.63, 3.8) is 0 Å². The van der Waals surface area contributed by atoms with Crippen molar-refractivity contribution in [3.8, 4) is 11.5 Å². The molecule has 2 N–H and O–H groups in total. The summed E-state index contributed by atoms with van der Waals surface area (Å²) in [4.78, 5) is 0. The van der Waals surface area contributed by atoms with E-state index in [4.69, 9.17) is 26.8 Å². The molecule has 1 heterocycles. The topological polar surface area (TPSA) is 78.6 Å². The Hall–Kier alpha value is -0.980. The molecule has 1 aromatic rings. The fourth-order valence-electron chi connectivity index (χ4n) is 2.76. The first-order chi connectivity index (χ1) is 9.92. The molecular formula is C14H20ClNO4S. The zero-order valence-electron chi connectivity index (χ0n) is 12.1. The molecule has 21 heavy (non-hydrogen) atoms. The maximum absolute atomic E-state index is 12.2. The van der Waals surface area contributed by atoms with Crippen molar-refractivity contribution in [1.82, 2.24) is 0 Å². The quantitative estimate of drug-likeness (QED) is 0.914. The van der Waals surface area contributed by atoms with Gasteiger partial charge >= 0.3 is 0 Å². The monoisotopic (exact) mass is 333 g/mol. The molecule has 1 aliphatic heterocycles. The minimum absolute atomic E-state index is 0.192. The Labute approximate surface area is 130 Å². The second-order valence-electron chi connectivity index (χ2n) is 5.13. The summed E-state index contributed by atoms with van der Waals surface area (Å²) < 4.78 is 34.9. The van der Waals surface area contributed by atoms with Crippen LogP contribution in [0, 0.1) is 0 Å². The number of sulfone groups is 1. The molecule has 2 atom stereocenters. The van der Waals surface area contributed by atoms with Crippen molar-refractivity contribution in [2.24, 2.45) is 5.73 Å². The fraction of sp³-hybridized carbons (Fsp3) is 0.571. The van der Waals surface area contributed by atoms with E-state index in [0.29, 0.717) is 34.9 Å². The Bertz CT molecular complexity index is 618. The highest BCUT2D eigenvalue weighted by molar-refractivity contribution is 7.92. The number of hydrogen-bond acceptors (Lipinski definition) is 5. The van der Waals surface area contributed by atoms with E-state index >= 15 is 0 Å². The third-order valence-electron chi connectivity index (χ3n) is 3.90. The van der Waals surface area contributed by atoms with Crippen molar-refractivity contribution in [2.45, 2.75) is 30.6 Å². The molecule has 0 amide bonds. The number of benzene rings is 1. The third kappa shape index (κ3) is 3.12. The van der Waals surface area contributed by atoms with Gasteiger partial charge in [0.15, 0.2) is 9.84 Å². The van der Waals surface area contributed by atoms with E-state index in [1.165, 1.54) is 14.2 Å². The number of halogens is 1. The van der Waals surface area contributed by atoms with E-state index in [-0.39, 0.29) is 5.75 Å². The summed E-state index contributed by atoms with van der Waals surface area (Å²) >= 11 is 6.21. The van der Waals surface area contributed by atoms with Crippen LogP contribution in [-0.4, -0.2) is 33.6 Å². The predicted molar refractivity (Wildman–Crippen MR) is 82.9 cm³/mol. The molecule has 7 heteroatoms. The van der Waals surface area contributed by atoms with E-state index in [0.717, 1.165) is 6.42 Å². The van der Waals surface area contributed by atoms with E-state index in [1.54, 1.807) is 12.1 Å². The van der Waals surface area contributed by atoms with Crippen molar-refractivity contribution in [1.29, 1.82) is 0 Å². The highest BCUT2D eigenvalue weighted by atomic mass is 35.5. The summed E-state index contributed by atoms with van der Waals surface area (Å²) in [7, 11) is -0.195. The van der Waals surface area contributed by atoms with Crippen LogP contribution in [0.5, 0.6) is 11.5 Å². The number of hydrogen-bond donors (Lipinski definition) is 1. The lowest BCUT2D eigenvalue weighted by Gasteiger charge is -2.29. The Kier molecular flexibility index (Phi) is 5.01. The molecule has 0 radical (unpaired) electrons. The summed E-state index contributed by atoms with van der Waals surface area (Å²) in [5.41, 5.74) is 6.82. The van der Waals surface area contributed by atoms with E-state index in [2.05, 4.69) is 0 Å². The number of nitrogens with two attached hydrogens (primary N) is 1. The molecule has 5 nitrogen and oxygen atoms in total. The van der Waals surface area contributed by atoms with Crippen LogP contribution in [0.2, 0.25) is 5.02 Å². The number of methoxy groups -OCH3 is 2. The maximum atomic E-state index is 12.2. The first-order valence-electron chi connectivity index (χ1n) is 6.80. The summed E-state index contributed by atoms with van der Waals surface area (Å²) in [6.07, 6.45) is 2.13. The molecule has 1 saturated heterocycles. The molecule has 2 rings (SSSR count). The summed E-state index contributed by atoms with van der Waals surface area (Å²) in [5, 5.41) is -0.286. The highest BCUT2D eigenvalue weighted by Crippen LogP contribution is 2.41. The molecule has 1 aliphatic rings. The van der Waals surface area contributed by atoms with Gasteiger partial charge in [-0.2, -0.15) is 0 Å². The van der Waals surface area contributed by atoms with Crippen LogP contribution in [0.3, 0.4) is 0 Å². The van der Waals surface area contributed by atoms with Gasteiger partial charge in [0.25, 0.3) is 0 Å². The van der Waals surface area contributed by atoms with Crippen LogP contribution in [0.4, 0.5) is 0 Å². The molecule has 0 aromatic heterocycles. The summed E-state index contributed by atoms with van der Waals surface area (Å²) in [6, 6.07) is 2.74. The minimum atomic E-state index is -3.18. The molecule has 0 aliphatic carbocycles. The molecule has 2 unspecified atom stereocenters.